The maximum atomic E-state index is 12.8. The zero-order valence-corrected chi connectivity index (χ0v) is 12.1. The summed E-state index contributed by atoms with van der Waals surface area (Å²) in [5.74, 6) is 0. The second-order valence-corrected chi connectivity index (χ2v) is 7.84. The lowest BCUT2D eigenvalue weighted by atomic mass is 9.83. The molecule has 2 saturated heterocycles. The Hall–Kier alpha value is -0.950. The molecule has 3 nitrogen and oxygen atoms in total. The van der Waals surface area contributed by atoms with Gasteiger partial charge in [-0.25, -0.2) is 4.98 Å². The minimum atomic E-state index is -4.53. The van der Waals surface area contributed by atoms with Gasteiger partial charge in [0, 0.05) is 21.3 Å². The zero-order valence-electron chi connectivity index (χ0n) is 11.3. The van der Waals surface area contributed by atoms with Crippen LogP contribution in [0.5, 0.6) is 0 Å². The number of nitrogens with zero attached hydrogens (tertiary/aromatic N) is 1. The number of alkyl halides is 3. The molecule has 2 fully saturated rings. The van der Waals surface area contributed by atoms with Gasteiger partial charge in [0.05, 0.1) is 5.69 Å². The van der Waals surface area contributed by atoms with Crippen LogP contribution < -0.4 is 0 Å². The molecular formula is C14H16F3NO2S. The molecule has 2 atom stereocenters. The fraction of sp³-hybridized carbons (Fsp3) is 0.643. The Bertz CT molecular complexity index is 560. The summed E-state index contributed by atoms with van der Waals surface area (Å²) in [4.78, 5) is 3.62. The highest BCUT2D eigenvalue weighted by Crippen LogP contribution is 2.44. The Morgan fingerprint density at radius 3 is 2.43 bits per heavy atom. The van der Waals surface area contributed by atoms with Crippen LogP contribution in [0.1, 0.15) is 43.5 Å². The summed E-state index contributed by atoms with van der Waals surface area (Å²) < 4.78 is 50.4. The van der Waals surface area contributed by atoms with E-state index in [1.54, 1.807) is 0 Å². The normalized spacial score (nSPS) is 36.5. The third-order valence-electron chi connectivity index (χ3n) is 4.36. The van der Waals surface area contributed by atoms with Crippen LogP contribution in [-0.2, 0) is 22.6 Å². The Kier molecular flexibility index (Phi) is 3.60. The van der Waals surface area contributed by atoms with Gasteiger partial charge >= 0.3 is 6.18 Å². The van der Waals surface area contributed by atoms with Gasteiger partial charge < -0.3 is 5.11 Å². The molecule has 3 rings (SSSR count). The molecule has 1 N–H and O–H groups in total. The fourth-order valence-corrected chi connectivity index (χ4v) is 5.57. The van der Waals surface area contributed by atoms with E-state index in [1.807, 2.05) is 0 Å². The fourth-order valence-electron chi connectivity index (χ4n) is 3.34. The minimum Gasteiger partial charge on any atom is -0.383 e. The molecule has 0 radical (unpaired) electrons. The van der Waals surface area contributed by atoms with Gasteiger partial charge in [0.2, 0.25) is 0 Å². The van der Waals surface area contributed by atoms with Gasteiger partial charge in [-0.15, -0.1) is 0 Å². The summed E-state index contributed by atoms with van der Waals surface area (Å²) in [5, 5.41) is 10.5. The van der Waals surface area contributed by atoms with E-state index in [4.69, 9.17) is 0 Å². The van der Waals surface area contributed by atoms with E-state index in [9.17, 15) is 22.5 Å². The van der Waals surface area contributed by atoms with Crippen molar-refractivity contribution < 1.29 is 22.5 Å². The van der Waals surface area contributed by atoms with Gasteiger partial charge in [-0.1, -0.05) is 12.5 Å². The molecule has 2 unspecified atom stereocenters. The average molecular weight is 319 g/mol. The number of aliphatic hydroxyl groups is 1. The minimum absolute atomic E-state index is 0.0472. The van der Waals surface area contributed by atoms with E-state index in [2.05, 4.69) is 4.98 Å². The lowest BCUT2D eigenvalue weighted by Crippen LogP contribution is -2.47. The van der Waals surface area contributed by atoms with Crippen LogP contribution in [0, 0.1) is 0 Å². The molecule has 21 heavy (non-hydrogen) atoms. The summed E-state index contributed by atoms with van der Waals surface area (Å²) in [7, 11) is -0.989. The van der Waals surface area contributed by atoms with Crippen LogP contribution in [-0.4, -0.2) is 24.8 Å². The second kappa shape index (κ2) is 5.05. The predicted octanol–water partition coefficient (Wildman–Crippen LogP) is 2.75. The highest BCUT2D eigenvalue weighted by Gasteiger charge is 2.47. The number of hydrogen-bond acceptors (Lipinski definition) is 3. The number of rotatable bonds is 1. The molecule has 0 amide bonds. The summed E-state index contributed by atoms with van der Waals surface area (Å²) in [6.07, 6.45) is -1.60. The molecule has 0 aliphatic carbocycles. The van der Waals surface area contributed by atoms with E-state index >= 15 is 0 Å². The van der Waals surface area contributed by atoms with E-state index in [0.717, 1.165) is 25.3 Å². The zero-order chi connectivity index (χ0) is 15.3. The van der Waals surface area contributed by atoms with Gasteiger partial charge in [0.25, 0.3) is 0 Å². The first-order valence-electron chi connectivity index (χ1n) is 6.96. The first-order valence-corrected chi connectivity index (χ1v) is 8.24. The third-order valence-corrected chi connectivity index (χ3v) is 6.48. The van der Waals surface area contributed by atoms with Crippen molar-refractivity contribution in [2.75, 3.05) is 0 Å². The molecule has 0 saturated carbocycles. The molecule has 3 heterocycles. The summed E-state index contributed by atoms with van der Waals surface area (Å²) >= 11 is 0. The smallest absolute Gasteiger partial charge is 0.383 e. The maximum Gasteiger partial charge on any atom is 0.433 e. The molecule has 1 aromatic heterocycles. The van der Waals surface area contributed by atoms with Crippen molar-refractivity contribution in [2.45, 2.75) is 54.4 Å². The lowest BCUT2D eigenvalue weighted by Gasteiger charge is -2.43. The van der Waals surface area contributed by atoms with E-state index in [-0.39, 0.29) is 29.0 Å². The molecule has 7 heteroatoms. The molecule has 2 aliphatic heterocycles. The van der Waals surface area contributed by atoms with Crippen LogP contribution in [0.3, 0.4) is 0 Å². The van der Waals surface area contributed by atoms with Crippen molar-refractivity contribution in [1.82, 2.24) is 4.98 Å². The standard InChI is InChI=1S/C14H16F3NO2S/c15-14(16,17)12-6-2-5-11(18-12)13(19)7-9-3-1-4-10(8-13)21(9)20/h2,5-6,9-10,19H,1,3-4,7-8H2. The lowest BCUT2D eigenvalue weighted by molar-refractivity contribution is -0.141. The van der Waals surface area contributed by atoms with Gasteiger partial charge in [-0.3, -0.25) is 4.21 Å². The molecule has 0 spiro atoms. The molecular weight excluding hydrogens is 303 g/mol. The van der Waals surface area contributed by atoms with Crippen molar-refractivity contribution >= 4 is 10.8 Å². The van der Waals surface area contributed by atoms with Gasteiger partial charge in [-0.05, 0) is 37.8 Å². The summed E-state index contributed by atoms with van der Waals surface area (Å²) in [5.41, 5.74) is -2.35. The Morgan fingerprint density at radius 2 is 1.86 bits per heavy atom. The molecule has 2 aliphatic rings. The van der Waals surface area contributed by atoms with Gasteiger partial charge in [0.15, 0.2) is 0 Å². The first-order chi connectivity index (χ1) is 9.79. The predicted molar refractivity (Wildman–Crippen MR) is 71.9 cm³/mol. The quantitative estimate of drug-likeness (QED) is 0.866. The van der Waals surface area contributed by atoms with Crippen LogP contribution in [0.25, 0.3) is 0 Å². The van der Waals surface area contributed by atoms with Crippen LogP contribution in [0.15, 0.2) is 18.2 Å². The van der Waals surface area contributed by atoms with Crippen LogP contribution >= 0.6 is 0 Å². The van der Waals surface area contributed by atoms with Crippen molar-refractivity contribution in [2.24, 2.45) is 0 Å². The SMILES string of the molecule is O=S1C2CCCC1CC(O)(c1cccc(C(F)(F)F)n1)C2. The molecule has 0 aromatic carbocycles. The number of fused-ring (bicyclic) bond motifs is 2. The Balaban J connectivity index is 1.94. The number of halogens is 3. The Morgan fingerprint density at radius 1 is 1.24 bits per heavy atom. The topological polar surface area (TPSA) is 50.2 Å². The number of aromatic nitrogens is 1. The largest absolute Gasteiger partial charge is 0.433 e. The van der Waals surface area contributed by atoms with E-state index in [1.165, 1.54) is 12.1 Å². The average Bonchev–Trinajstić information content (AvgIpc) is 2.40. The van der Waals surface area contributed by atoms with Crippen molar-refractivity contribution in [3.63, 3.8) is 0 Å². The summed E-state index contributed by atoms with van der Waals surface area (Å²) in [6.45, 7) is 0. The highest BCUT2D eigenvalue weighted by molar-refractivity contribution is 7.86. The van der Waals surface area contributed by atoms with Crippen LogP contribution in [0.4, 0.5) is 13.2 Å². The third kappa shape index (κ3) is 2.73. The molecule has 1 aromatic rings. The van der Waals surface area contributed by atoms with Crippen molar-refractivity contribution in [3.05, 3.63) is 29.6 Å². The maximum absolute atomic E-state index is 12.8. The second-order valence-electron chi connectivity index (χ2n) is 5.85. The molecule has 116 valence electrons. The Labute approximate surface area is 123 Å². The van der Waals surface area contributed by atoms with Crippen LogP contribution in [0.2, 0.25) is 0 Å². The highest BCUT2D eigenvalue weighted by atomic mass is 32.2. The van der Waals surface area contributed by atoms with Gasteiger partial charge in [-0.2, -0.15) is 13.2 Å². The first kappa shape index (κ1) is 15.0. The van der Waals surface area contributed by atoms with E-state index < -0.39 is 28.3 Å². The monoisotopic (exact) mass is 319 g/mol. The number of hydrogen-bond donors (Lipinski definition) is 1. The van der Waals surface area contributed by atoms with Crippen molar-refractivity contribution in [1.29, 1.82) is 0 Å². The van der Waals surface area contributed by atoms with E-state index in [0.29, 0.717) is 0 Å². The van der Waals surface area contributed by atoms with Gasteiger partial charge in [0.1, 0.15) is 11.3 Å². The van der Waals surface area contributed by atoms with Crippen molar-refractivity contribution in [3.8, 4) is 0 Å². The molecule has 2 bridgehead atoms. The summed E-state index contributed by atoms with van der Waals surface area (Å²) in [6, 6.07) is 3.60. The number of pyridine rings is 1.